The molecule has 0 fully saturated rings. The Labute approximate surface area is 96.4 Å². The molecule has 90 valence electrons. The van der Waals surface area contributed by atoms with E-state index in [0.29, 0.717) is 18.9 Å². The minimum Gasteiger partial charge on any atom is -0.507 e. The van der Waals surface area contributed by atoms with Crippen molar-refractivity contribution in [3.05, 3.63) is 23.8 Å². The van der Waals surface area contributed by atoms with Gasteiger partial charge in [0.1, 0.15) is 11.5 Å². The van der Waals surface area contributed by atoms with Crippen molar-refractivity contribution in [2.75, 3.05) is 34.4 Å². The van der Waals surface area contributed by atoms with Crippen LogP contribution in [-0.4, -0.2) is 44.4 Å². The maximum absolute atomic E-state index is 9.76. The third kappa shape index (κ3) is 3.72. The standard InChI is InChI=1S/C12H19NO3/c1-13(6-7-15-2)9-10-4-5-11(16-3)8-12(10)14/h4-5,8,14H,6-7,9H2,1-3H3. The third-order valence-electron chi connectivity index (χ3n) is 2.41. The molecule has 0 spiro atoms. The van der Waals surface area contributed by atoms with Crippen LogP contribution >= 0.6 is 0 Å². The maximum Gasteiger partial charge on any atom is 0.123 e. The number of rotatable bonds is 6. The van der Waals surface area contributed by atoms with E-state index in [0.717, 1.165) is 12.1 Å². The van der Waals surface area contributed by atoms with Gasteiger partial charge in [0.2, 0.25) is 0 Å². The lowest BCUT2D eigenvalue weighted by Gasteiger charge is -2.17. The molecule has 0 aliphatic rings. The highest BCUT2D eigenvalue weighted by Gasteiger charge is 2.06. The van der Waals surface area contributed by atoms with Gasteiger partial charge in [-0.25, -0.2) is 0 Å². The minimum absolute atomic E-state index is 0.267. The highest BCUT2D eigenvalue weighted by atomic mass is 16.5. The molecule has 0 saturated heterocycles. The maximum atomic E-state index is 9.76. The van der Waals surface area contributed by atoms with Gasteiger partial charge in [0.05, 0.1) is 13.7 Å². The summed E-state index contributed by atoms with van der Waals surface area (Å²) in [6.45, 7) is 2.22. The molecule has 1 rings (SSSR count). The highest BCUT2D eigenvalue weighted by Crippen LogP contribution is 2.24. The van der Waals surface area contributed by atoms with Crippen molar-refractivity contribution in [1.82, 2.24) is 4.90 Å². The first-order valence-electron chi connectivity index (χ1n) is 5.20. The Kier molecular flexibility index (Phi) is 5.08. The van der Waals surface area contributed by atoms with Crippen molar-refractivity contribution in [3.8, 4) is 11.5 Å². The molecule has 0 unspecified atom stereocenters. The predicted octanol–water partition coefficient (Wildman–Crippen LogP) is 1.48. The number of phenols is 1. The van der Waals surface area contributed by atoms with Crippen LogP contribution in [0.3, 0.4) is 0 Å². The first-order chi connectivity index (χ1) is 7.67. The van der Waals surface area contributed by atoms with E-state index in [2.05, 4.69) is 4.90 Å². The van der Waals surface area contributed by atoms with E-state index in [9.17, 15) is 5.11 Å². The Hall–Kier alpha value is -1.26. The molecule has 1 aromatic rings. The van der Waals surface area contributed by atoms with Crippen LogP contribution in [0.15, 0.2) is 18.2 Å². The summed E-state index contributed by atoms with van der Waals surface area (Å²) in [7, 11) is 5.25. The molecule has 0 aliphatic heterocycles. The normalized spacial score (nSPS) is 10.8. The van der Waals surface area contributed by atoms with Crippen LogP contribution in [0, 0.1) is 0 Å². The molecule has 0 saturated carbocycles. The summed E-state index contributed by atoms with van der Waals surface area (Å²) in [6.07, 6.45) is 0. The predicted molar refractivity (Wildman–Crippen MR) is 62.9 cm³/mol. The molecule has 16 heavy (non-hydrogen) atoms. The Morgan fingerprint density at radius 2 is 2.06 bits per heavy atom. The molecular formula is C12H19NO3. The smallest absolute Gasteiger partial charge is 0.123 e. The fourth-order valence-electron chi connectivity index (χ4n) is 1.42. The van der Waals surface area contributed by atoms with E-state index in [-0.39, 0.29) is 5.75 Å². The van der Waals surface area contributed by atoms with Gasteiger partial charge in [0, 0.05) is 31.8 Å². The van der Waals surface area contributed by atoms with Crippen molar-refractivity contribution in [1.29, 1.82) is 0 Å². The molecule has 0 amide bonds. The van der Waals surface area contributed by atoms with Crippen molar-refractivity contribution >= 4 is 0 Å². The summed E-state index contributed by atoms with van der Waals surface area (Å²) < 4.78 is 10.0. The molecular weight excluding hydrogens is 206 g/mol. The molecule has 0 aromatic heterocycles. The van der Waals surface area contributed by atoms with E-state index in [1.165, 1.54) is 0 Å². The summed E-state index contributed by atoms with van der Waals surface area (Å²) in [5.41, 5.74) is 0.888. The quantitative estimate of drug-likeness (QED) is 0.796. The number of benzene rings is 1. The van der Waals surface area contributed by atoms with Crippen molar-refractivity contribution in [3.63, 3.8) is 0 Å². The molecule has 4 heteroatoms. The lowest BCUT2D eigenvalue weighted by atomic mass is 10.2. The van der Waals surface area contributed by atoms with Gasteiger partial charge in [-0.05, 0) is 13.1 Å². The Morgan fingerprint density at radius 3 is 2.62 bits per heavy atom. The molecule has 1 N–H and O–H groups in total. The molecule has 0 aliphatic carbocycles. The molecule has 0 radical (unpaired) electrons. The third-order valence-corrected chi connectivity index (χ3v) is 2.41. The second-order valence-electron chi connectivity index (χ2n) is 3.73. The molecule has 4 nitrogen and oxygen atoms in total. The number of nitrogens with zero attached hydrogens (tertiary/aromatic N) is 1. The molecule has 0 bridgehead atoms. The summed E-state index contributed by atoms with van der Waals surface area (Å²) in [5, 5.41) is 9.76. The van der Waals surface area contributed by atoms with Crippen molar-refractivity contribution < 1.29 is 14.6 Å². The van der Waals surface area contributed by atoms with E-state index in [4.69, 9.17) is 9.47 Å². The Bertz CT molecular complexity index is 328. The minimum atomic E-state index is 0.267. The van der Waals surface area contributed by atoms with Gasteiger partial charge in [-0.1, -0.05) is 6.07 Å². The summed E-state index contributed by atoms with van der Waals surface area (Å²) in [5.74, 6) is 0.935. The summed E-state index contributed by atoms with van der Waals surface area (Å²) in [4.78, 5) is 2.09. The number of methoxy groups -OCH3 is 2. The van der Waals surface area contributed by atoms with E-state index in [1.54, 1.807) is 20.3 Å². The summed E-state index contributed by atoms with van der Waals surface area (Å²) >= 11 is 0. The Balaban J connectivity index is 2.59. The fraction of sp³-hybridized carbons (Fsp3) is 0.500. The van der Waals surface area contributed by atoms with Gasteiger partial charge in [-0.15, -0.1) is 0 Å². The lowest BCUT2D eigenvalue weighted by molar-refractivity contribution is 0.158. The van der Waals surface area contributed by atoms with E-state index >= 15 is 0 Å². The van der Waals surface area contributed by atoms with Crippen molar-refractivity contribution in [2.45, 2.75) is 6.54 Å². The monoisotopic (exact) mass is 225 g/mol. The number of phenolic OH excluding ortho intramolecular Hbond substituents is 1. The first kappa shape index (κ1) is 12.8. The van der Waals surface area contributed by atoms with Crippen LogP contribution in [0.25, 0.3) is 0 Å². The number of likely N-dealkylation sites (N-methyl/N-ethyl adjacent to an activating group) is 1. The average molecular weight is 225 g/mol. The second kappa shape index (κ2) is 6.35. The topological polar surface area (TPSA) is 41.9 Å². The van der Waals surface area contributed by atoms with Crippen LogP contribution in [0.4, 0.5) is 0 Å². The second-order valence-corrected chi connectivity index (χ2v) is 3.73. The van der Waals surface area contributed by atoms with Gasteiger partial charge >= 0.3 is 0 Å². The Morgan fingerprint density at radius 1 is 1.31 bits per heavy atom. The zero-order valence-electron chi connectivity index (χ0n) is 10.1. The first-order valence-corrected chi connectivity index (χ1v) is 5.20. The van der Waals surface area contributed by atoms with Gasteiger partial charge in [-0.2, -0.15) is 0 Å². The van der Waals surface area contributed by atoms with Gasteiger partial charge in [-0.3, -0.25) is 4.90 Å². The van der Waals surface area contributed by atoms with Crippen LogP contribution < -0.4 is 4.74 Å². The lowest BCUT2D eigenvalue weighted by Crippen LogP contribution is -2.22. The SMILES string of the molecule is COCCN(C)Cc1ccc(OC)cc1O. The van der Waals surface area contributed by atoms with E-state index < -0.39 is 0 Å². The summed E-state index contributed by atoms with van der Waals surface area (Å²) in [6, 6.07) is 5.34. The number of hydrogen-bond acceptors (Lipinski definition) is 4. The number of hydrogen-bond donors (Lipinski definition) is 1. The van der Waals surface area contributed by atoms with Crippen LogP contribution in [0.2, 0.25) is 0 Å². The number of aromatic hydroxyl groups is 1. The number of ether oxygens (including phenoxy) is 2. The van der Waals surface area contributed by atoms with Gasteiger partial charge in [0.25, 0.3) is 0 Å². The van der Waals surface area contributed by atoms with Gasteiger partial charge < -0.3 is 14.6 Å². The van der Waals surface area contributed by atoms with Crippen LogP contribution in [0.1, 0.15) is 5.56 Å². The van der Waals surface area contributed by atoms with Gasteiger partial charge in [0.15, 0.2) is 0 Å². The van der Waals surface area contributed by atoms with Crippen molar-refractivity contribution in [2.24, 2.45) is 0 Å². The fourth-order valence-corrected chi connectivity index (χ4v) is 1.42. The van der Waals surface area contributed by atoms with Crippen LogP contribution in [-0.2, 0) is 11.3 Å². The average Bonchev–Trinajstić information content (AvgIpc) is 2.29. The van der Waals surface area contributed by atoms with Crippen LogP contribution in [0.5, 0.6) is 11.5 Å². The molecule has 0 heterocycles. The highest BCUT2D eigenvalue weighted by molar-refractivity contribution is 5.39. The zero-order chi connectivity index (χ0) is 12.0. The zero-order valence-corrected chi connectivity index (χ0v) is 10.1. The molecule has 1 aromatic carbocycles. The molecule has 0 atom stereocenters. The van der Waals surface area contributed by atoms with E-state index in [1.807, 2.05) is 19.2 Å². The largest absolute Gasteiger partial charge is 0.507 e.